The lowest BCUT2D eigenvalue weighted by Gasteiger charge is -2.55. The fourth-order valence-electron chi connectivity index (χ4n) is 5.02. The summed E-state index contributed by atoms with van der Waals surface area (Å²) in [5, 5.41) is 4.29. The van der Waals surface area contributed by atoms with Crippen molar-refractivity contribution in [2.24, 2.45) is 5.92 Å². The van der Waals surface area contributed by atoms with Gasteiger partial charge in [0.1, 0.15) is 0 Å². The van der Waals surface area contributed by atoms with Crippen LogP contribution in [0, 0.1) is 5.92 Å². The molecule has 156 valence electrons. The molecule has 0 saturated carbocycles. The number of β-lactam (4-membered cyclic amide) rings is 1. The predicted molar refractivity (Wildman–Crippen MR) is 111 cm³/mol. The van der Waals surface area contributed by atoms with Crippen LogP contribution < -0.4 is 0 Å². The van der Waals surface area contributed by atoms with Crippen molar-refractivity contribution in [3.63, 3.8) is 0 Å². The molecule has 1 aromatic carbocycles. The summed E-state index contributed by atoms with van der Waals surface area (Å²) in [6, 6.07) is 10.4. The van der Waals surface area contributed by atoms with Crippen molar-refractivity contribution in [2.75, 3.05) is 13.7 Å². The van der Waals surface area contributed by atoms with Gasteiger partial charge in [-0.05, 0) is 37.2 Å². The summed E-state index contributed by atoms with van der Waals surface area (Å²) >= 11 is 0. The second kappa shape index (κ2) is 8.93. The molecule has 0 aromatic heterocycles. The summed E-state index contributed by atoms with van der Waals surface area (Å²) < 4.78 is 12.1. The Morgan fingerprint density at radius 3 is 2.43 bits per heavy atom. The van der Waals surface area contributed by atoms with Crippen molar-refractivity contribution in [3.8, 4) is 0 Å². The fourth-order valence-corrected chi connectivity index (χ4v) is 5.02. The Labute approximate surface area is 170 Å². The Bertz CT molecular complexity index is 636. The van der Waals surface area contributed by atoms with Gasteiger partial charge < -0.3 is 9.47 Å². The van der Waals surface area contributed by atoms with Crippen LogP contribution in [0.2, 0.25) is 0 Å². The van der Waals surface area contributed by atoms with Crippen molar-refractivity contribution < 1.29 is 14.3 Å². The molecule has 0 bridgehead atoms. The van der Waals surface area contributed by atoms with Gasteiger partial charge in [-0.2, -0.15) is 0 Å². The average Bonchev–Trinajstić information content (AvgIpc) is 3.18. The highest BCUT2D eigenvalue weighted by Gasteiger charge is 2.56. The molecule has 5 nitrogen and oxygen atoms in total. The minimum atomic E-state index is -0.360. The Morgan fingerprint density at radius 1 is 1.18 bits per heavy atom. The SMILES string of the molecule is CCC(CC)(OC)[C@@H]1CCCN1N1C(=O)[C@@H](OCc2ccccc2)[C@@H]1C(C)C. The van der Waals surface area contributed by atoms with E-state index >= 15 is 0 Å². The number of methoxy groups -OCH3 is 1. The van der Waals surface area contributed by atoms with Crippen molar-refractivity contribution in [2.45, 2.75) is 83.8 Å². The Hall–Kier alpha value is -1.43. The summed E-state index contributed by atoms with van der Waals surface area (Å²) in [4.78, 5) is 13.1. The number of amides is 1. The van der Waals surface area contributed by atoms with Gasteiger partial charge in [-0.15, -0.1) is 0 Å². The maximum atomic E-state index is 13.1. The molecule has 1 amide bonds. The summed E-state index contributed by atoms with van der Waals surface area (Å²) in [6.07, 6.45) is 3.70. The molecule has 0 unspecified atom stereocenters. The van der Waals surface area contributed by atoms with E-state index in [1.165, 1.54) is 0 Å². The molecule has 5 heteroatoms. The summed E-state index contributed by atoms with van der Waals surface area (Å²) in [5.41, 5.74) is 0.902. The van der Waals surface area contributed by atoms with Gasteiger partial charge in [0.2, 0.25) is 0 Å². The maximum absolute atomic E-state index is 13.1. The number of hydrogen-bond donors (Lipinski definition) is 0. The first-order valence-electron chi connectivity index (χ1n) is 10.8. The van der Waals surface area contributed by atoms with Gasteiger partial charge >= 0.3 is 0 Å². The summed E-state index contributed by atoms with van der Waals surface area (Å²) in [7, 11) is 1.81. The highest BCUT2D eigenvalue weighted by Crippen LogP contribution is 2.40. The quantitative estimate of drug-likeness (QED) is 0.599. The number of carbonyl (C=O) groups is 1. The monoisotopic (exact) mass is 388 g/mol. The summed E-state index contributed by atoms with van der Waals surface area (Å²) in [6.45, 7) is 10.1. The van der Waals surface area contributed by atoms with E-state index in [0.717, 1.165) is 37.8 Å². The highest BCUT2D eigenvalue weighted by molar-refractivity contribution is 5.88. The number of hydrogen-bond acceptors (Lipinski definition) is 4. The first kappa shape index (κ1) is 21.3. The highest BCUT2D eigenvalue weighted by atomic mass is 16.5. The third-order valence-electron chi connectivity index (χ3n) is 6.73. The first-order valence-corrected chi connectivity index (χ1v) is 10.8. The van der Waals surface area contributed by atoms with Gasteiger partial charge in [0.15, 0.2) is 6.10 Å². The van der Waals surface area contributed by atoms with Crippen molar-refractivity contribution >= 4 is 5.91 Å². The zero-order valence-corrected chi connectivity index (χ0v) is 18.1. The number of nitrogens with zero attached hydrogens (tertiary/aromatic N) is 2. The van der Waals surface area contributed by atoms with Gasteiger partial charge in [-0.25, -0.2) is 5.01 Å². The molecule has 0 radical (unpaired) electrons. The molecule has 0 N–H and O–H groups in total. The molecule has 1 aromatic rings. The molecular formula is C23H36N2O3. The van der Waals surface area contributed by atoms with Crippen LogP contribution in [0.5, 0.6) is 0 Å². The van der Waals surface area contributed by atoms with E-state index in [1.807, 2.05) is 42.5 Å². The lowest BCUT2D eigenvalue weighted by molar-refractivity contribution is -0.234. The lowest BCUT2D eigenvalue weighted by atomic mass is 9.85. The molecule has 2 fully saturated rings. The third kappa shape index (κ3) is 3.72. The minimum absolute atomic E-state index is 0.0834. The zero-order valence-electron chi connectivity index (χ0n) is 18.1. The predicted octanol–water partition coefficient (Wildman–Crippen LogP) is 4.02. The van der Waals surface area contributed by atoms with Crippen LogP contribution in [0.25, 0.3) is 0 Å². The number of rotatable bonds is 9. The van der Waals surface area contributed by atoms with E-state index in [9.17, 15) is 4.79 Å². The van der Waals surface area contributed by atoms with Gasteiger partial charge in [-0.1, -0.05) is 58.0 Å². The second-order valence-electron chi connectivity index (χ2n) is 8.43. The Morgan fingerprint density at radius 2 is 1.86 bits per heavy atom. The molecule has 3 rings (SSSR count). The standard InChI is InChI=1S/C23H36N2O3/c1-6-23(7-2,27-5)19-14-11-15-24(19)25-20(17(3)4)21(22(25)26)28-16-18-12-9-8-10-13-18/h8-10,12-13,17,19-21H,6-7,11,14-16H2,1-5H3/t19-,20-,21-/m0/s1. The molecule has 3 atom stereocenters. The number of carbonyl (C=O) groups excluding carboxylic acids is 1. The maximum Gasteiger partial charge on any atom is 0.268 e. The van der Waals surface area contributed by atoms with E-state index < -0.39 is 0 Å². The molecule has 2 heterocycles. The van der Waals surface area contributed by atoms with Crippen LogP contribution >= 0.6 is 0 Å². The molecule has 2 aliphatic rings. The van der Waals surface area contributed by atoms with Crippen LogP contribution in [-0.2, 0) is 20.9 Å². The molecular weight excluding hydrogens is 352 g/mol. The number of benzene rings is 1. The van der Waals surface area contributed by atoms with Gasteiger partial charge in [0.05, 0.1) is 24.3 Å². The fraction of sp³-hybridized carbons (Fsp3) is 0.696. The van der Waals surface area contributed by atoms with Crippen molar-refractivity contribution in [1.29, 1.82) is 0 Å². The van der Waals surface area contributed by atoms with E-state index in [4.69, 9.17) is 9.47 Å². The van der Waals surface area contributed by atoms with E-state index in [2.05, 4.69) is 32.7 Å². The van der Waals surface area contributed by atoms with Gasteiger partial charge in [0.25, 0.3) is 5.91 Å². The van der Waals surface area contributed by atoms with Crippen molar-refractivity contribution in [3.05, 3.63) is 35.9 Å². The van der Waals surface area contributed by atoms with E-state index in [-0.39, 0.29) is 29.7 Å². The normalized spacial score (nSPS) is 26.1. The summed E-state index contributed by atoms with van der Waals surface area (Å²) in [5.74, 6) is 0.429. The molecule has 0 spiro atoms. The third-order valence-corrected chi connectivity index (χ3v) is 6.73. The Kier molecular flexibility index (Phi) is 6.79. The van der Waals surface area contributed by atoms with Crippen LogP contribution in [0.15, 0.2) is 30.3 Å². The smallest absolute Gasteiger partial charge is 0.268 e. The molecule has 2 saturated heterocycles. The molecule has 0 aliphatic carbocycles. The van der Waals surface area contributed by atoms with Crippen LogP contribution in [-0.4, -0.2) is 53.4 Å². The van der Waals surface area contributed by atoms with Crippen LogP contribution in [0.1, 0.15) is 58.9 Å². The number of hydrazine groups is 1. The minimum Gasteiger partial charge on any atom is -0.377 e. The lowest BCUT2D eigenvalue weighted by Crippen LogP contribution is -2.74. The average molecular weight is 389 g/mol. The van der Waals surface area contributed by atoms with Crippen LogP contribution in [0.4, 0.5) is 0 Å². The largest absolute Gasteiger partial charge is 0.377 e. The van der Waals surface area contributed by atoms with Crippen molar-refractivity contribution in [1.82, 2.24) is 10.0 Å². The van der Waals surface area contributed by atoms with Gasteiger partial charge in [0, 0.05) is 13.7 Å². The number of ether oxygens (including phenoxy) is 2. The second-order valence-corrected chi connectivity index (χ2v) is 8.43. The topological polar surface area (TPSA) is 42.0 Å². The van der Waals surface area contributed by atoms with Gasteiger partial charge in [-0.3, -0.25) is 9.80 Å². The molecule has 28 heavy (non-hydrogen) atoms. The molecule has 2 aliphatic heterocycles. The van der Waals surface area contributed by atoms with Crippen LogP contribution in [0.3, 0.4) is 0 Å². The first-order chi connectivity index (χ1) is 13.5. The van der Waals surface area contributed by atoms with E-state index in [0.29, 0.717) is 12.5 Å². The zero-order chi connectivity index (χ0) is 20.3. The van der Waals surface area contributed by atoms with E-state index in [1.54, 1.807) is 0 Å². The Balaban J connectivity index is 1.75.